The van der Waals surface area contributed by atoms with Crippen LogP contribution in [0.3, 0.4) is 0 Å². The smallest absolute Gasteiger partial charge is 0.0491 e. The summed E-state index contributed by atoms with van der Waals surface area (Å²) in [5, 5.41) is 2.77. The molecule has 0 amide bonds. The Bertz CT molecular complexity index is 932. The van der Waals surface area contributed by atoms with Gasteiger partial charge in [-0.3, -0.25) is 0 Å². The van der Waals surface area contributed by atoms with E-state index in [1.54, 1.807) is 0 Å². The Kier molecular flexibility index (Phi) is 6.75. The predicted molar refractivity (Wildman–Crippen MR) is 133 cm³/mol. The van der Waals surface area contributed by atoms with Gasteiger partial charge in [-0.2, -0.15) is 0 Å². The van der Waals surface area contributed by atoms with E-state index < -0.39 is 0 Å². The molecule has 0 atom stereocenters. The van der Waals surface area contributed by atoms with Crippen molar-refractivity contribution in [1.82, 2.24) is 9.97 Å². The molecular weight excluding hydrogens is 364 g/mol. The largest absolute Gasteiger partial charge is 0.361 e. The van der Waals surface area contributed by atoms with Crippen molar-refractivity contribution >= 4 is 21.8 Å². The van der Waals surface area contributed by atoms with Crippen LogP contribution in [0.25, 0.3) is 21.8 Å². The molecule has 0 saturated heterocycles. The summed E-state index contributed by atoms with van der Waals surface area (Å²) >= 11 is 0. The summed E-state index contributed by atoms with van der Waals surface area (Å²) in [6.07, 6.45) is 4.09. The SMILES string of the molecule is CC(C)c1ccc(C(C)C)c2[nH]ccc12.CC(C)c1ccc(C(C)C)c2[nH]ccc12. The summed E-state index contributed by atoms with van der Waals surface area (Å²) in [7, 11) is 0. The van der Waals surface area contributed by atoms with E-state index in [0.29, 0.717) is 23.7 Å². The van der Waals surface area contributed by atoms with Gasteiger partial charge in [0.15, 0.2) is 0 Å². The molecule has 2 nitrogen and oxygen atoms in total. The molecule has 0 fully saturated rings. The van der Waals surface area contributed by atoms with Crippen LogP contribution in [-0.4, -0.2) is 9.97 Å². The summed E-state index contributed by atoms with van der Waals surface area (Å²) in [5.41, 5.74) is 8.34. The van der Waals surface area contributed by atoms with Crippen molar-refractivity contribution in [3.05, 3.63) is 71.0 Å². The topological polar surface area (TPSA) is 31.6 Å². The van der Waals surface area contributed by atoms with E-state index >= 15 is 0 Å². The molecule has 0 aliphatic rings. The molecule has 2 aromatic heterocycles. The van der Waals surface area contributed by atoms with Gasteiger partial charge in [0, 0.05) is 34.2 Å². The molecule has 2 aromatic carbocycles. The van der Waals surface area contributed by atoms with Crippen molar-refractivity contribution in [2.45, 2.75) is 79.1 Å². The number of nitrogens with one attached hydrogen (secondary N) is 2. The highest BCUT2D eigenvalue weighted by atomic mass is 14.7. The van der Waals surface area contributed by atoms with Crippen molar-refractivity contribution in [3.8, 4) is 0 Å². The van der Waals surface area contributed by atoms with Crippen LogP contribution in [-0.2, 0) is 0 Å². The van der Waals surface area contributed by atoms with Gasteiger partial charge in [-0.05, 0) is 58.1 Å². The first-order chi connectivity index (χ1) is 14.2. The maximum Gasteiger partial charge on any atom is 0.0491 e. The molecule has 0 unspecified atom stereocenters. The van der Waals surface area contributed by atoms with Gasteiger partial charge in [0.25, 0.3) is 0 Å². The Morgan fingerprint density at radius 3 is 1.03 bits per heavy atom. The van der Waals surface area contributed by atoms with Gasteiger partial charge < -0.3 is 9.97 Å². The van der Waals surface area contributed by atoms with Crippen LogP contribution >= 0.6 is 0 Å². The maximum atomic E-state index is 3.36. The van der Waals surface area contributed by atoms with E-state index in [9.17, 15) is 0 Å². The fourth-order valence-electron chi connectivity index (χ4n) is 4.37. The average molecular weight is 403 g/mol. The average Bonchev–Trinajstić information content (AvgIpc) is 3.35. The molecule has 4 aromatic rings. The Morgan fingerprint density at radius 1 is 0.433 bits per heavy atom. The molecule has 0 saturated carbocycles. The lowest BCUT2D eigenvalue weighted by atomic mass is 9.93. The fraction of sp³-hybridized carbons (Fsp3) is 0.429. The highest BCUT2D eigenvalue weighted by molar-refractivity contribution is 5.87. The summed E-state index contributed by atoms with van der Waals surface area (Å²) in [5.74, 6) is 2.33. The van der Waals surface area contributed by atoms with Crippen molar-refractivity contribution in [2.24, 2.45) is 0 Å². The minimum atomic E-state index is 0.576. The first-order valence-electron chi connectivity index (χ1n) is 11.4. The second-order valence-electron chi connectivity index (χ2n) is 9.64. The molecule has 0 aliphatic heterocycles. The van der Waals surface area contributed by atoms with Crippen molar-refractivity contribution in [3.63, 3.8) is 0 Å². The minimum Gasteiger partial charge on any atom is -0.361 e. The Labute approximate surface area is 182 Å². The van der Waals surface area contributed by atoms with Crippen LogP contribution in [0, 0.1) is 0 Å². The van der Waals surface area contributed by atoms with Crippen molar-refractivity contribution in [1.29, 1.82) is 0 Å². The molecule has 0 spiro atoms. The zero-order valence-electron chi connectivity index (χ0n) is 19.9. The van der Waals surface area contributed by atoms with Crippen molar-refractivity contribution in [2.75, 3.05) is 0 Å². The third kappa shape index (κ3) is 4.33. The first-order valence-corrected chi connectivity index (χ1v) is 11.4. The lowest BCUT2D eigenvalue weighted by Crippen LogP contribution is -1.94. The maximum absolute atomic E-state index is 3.36. The van der Waals surface area contributed by atoms with Crippen LogP contribution in [0.4, 0.5) is 0 Å². The lowest BCUT2D eigenvalue weighted by molar-refractivity contribution is 0.858. The second-order valence-corrected chi connectivity index (χ2v) is 9.64. The number of rotatable bonds is 4. The predicted octanol–water partition coefficient (Wildman–Crippen LogP) is 8.83. The quantitative estimate of drug-likeness (QED) is 0.342. The Hall–Kier alpha value is -2.48. The first kappa shape index (κ1) is 22.2. The second kappa shape index (κ2) is 9.12. The number of hydrogen-bond donors (Lipinski definition) is 2. The summed E-state index contributed by atoms with van der Waals surface area (Å²) in [4.78, 5) is 6.73. The van der Waals surface area contributed by atoms with E-state index in [1.165, 1.54) is 44.1 Å². The molecule has 0 aliphatic carbocycles. The van der Waals surface area contributed by atoms with Gasteiger partial charge in [0.1, 0.15) is 0 Å². The number of hydrogen-bond acceptors (Lipinski definition) is 0. The molecule has 0 radical (unpaired) electrons. The lowest BCUT2D eigenvalue weighted by Gasteiger charge is -2.12. The van der Waals surface area contributed by atoms with Crippen molar-refractivity contribution < 1.29 is 0 Å². The van der Waals surface area contributed by atoms with Gasteiger partial charge >= 0.3 is 0 Å². The molecule has 30 heavy (non-hydrogen) atoms. The number of fused-ring (bicyclic) bond motifs is 2. The normalized spacial score (nSPS) is 11.9. The van der Waals surface area contributed by atoms with Gasteiger partial charge in [0.2, 0.25) is 0 Å². The third-order valence-electron chi connectivity index (χ3n) is 6.07. The molecule has 160 valence electrons. The zero-order chi connectivity index (χ0) is 22.0. The van der Waals surface area contributed by atoms with Gasteiger partial charge in [0.05, 0.1) is 0 Å². The van der Waals surface area contributed by atoms with E-state index in [4.69, 9.17) is 0 Å². The van der Waals surface area contributed by atoms with Crippen LogP contribution in [0.1, 0.15) is 101 Å². The standard InChI is InChI=1S/2C14H19N/c2*1-9(2)11-5-6-12(10(3)4)14-13(11)7-8-15-14/h2*5-10,15H,1-4H3. The summed E-state index contributed by atoms with van der Waals surface area (Å²) in [6.45, 7) is 18.0. The van der Waals surface area contributed by atoms with Gasteiger partial charge in [-0.15, -0.1) is 0 Å². The fourth-order valence-corrected chi connectivity index (χ4v) is 4.37. The molecule has 2 heterocycles. The zero-order valence-corrected chi connectivity index (χ0v) is 19.9. The van der Waals surface area contributed by atoms with E-state index in [2.05, 4.69) is 102 Å². The molecular formula is C28H38N2. The summed E-state index contributed by atoms with van der Waals surface area (Å²) in [6, 6.07) is 13.5. The highest BCUT2D eigenvalue weighted by Gasteiger charge is 2.12. The summed E-state index contributed by atoms with van der Waals surface area (Å²) < 4.78 is 0. The third-order valence-corrected chi connectivity index (χ3v) is 6.07. The number of benzene rings is 2. The number of H-pyrrole nitrogens is 2. The monoisotopic (exact) mass is 402 g/mol. The highest BCUT2D eigenvalue weighted by Crippen LogP contribution is 2.31. The number of aromatic nitrogens is 2. The minimum absolute atomic E-state index is 0.576. The number of aromatic amines is 2. The Balaban J connectivity index is 0.000000171. The van der Waals surface area contributed by atoms with E-state index in [1.807, 2.05) is 12.4 Å². The molecule has 4 rings (SSSR count). The van der Waals surface area contributed by atoms with Crippen LogP contribution < -0.4 is 0 Å². The van der Waals surface area contributed by atoms with E-state index in [0.717, 1.165) is 0 Å². The van der Waals surface area contributed by atoms with Crippen LogP contribution in [0.2, 0.25) is 0 Å². The Morgan fingerprint density at radius 2 is 0.733 bits per heavy atom. The van der Waals surface area contributed by atoms with Crippen LogP contribution in [0.5, 0.6) is 0 Å². The van der Waals surface area contributed by atoms with E-state index in [-0.39, 0.29) is 0 Å². The molecule has 2 heteroatoms. The molecule has 2 N–H and O–H groups in total. The van der Waals surface area contributed by atoms with Gasteiger partial charge in [-0.1, -0.05) is 79.7 Å². The van der Waals surface area contributed by atoms with Gasteiger partial charge in [-0.25, -0.2) is 0 Å². The molecule has 0 bridgehead atoms. The van der Waals surface area contributed by atoms with Crippen LogP contribution in [0.15, 0.2) is 48.8 Å².